The zero-order chi connectivity index (χ0) is 18.4. The van der Waals surface area contributed by atoms with Crippen molar-refractivity contribution in [2.45, 2.75) is 18.9 Å². The van der Waals surface area contributed by atoms with Crippen molar-refractivity contribution >= 4 is 11.7 Å². The Morgan fingerprint density at radius 1 is 1.19 bits per heavy atom. The van der Waals surface area contributed by atoms with Crippen molar-refractivity contribution in [3.05, 3.63) is 36.8 Å². The quantitative estimate of drug-likeness (QED) is 0.884. The van der Waals surface area contributed by atoms with Gasteiger partial charge >= 0.3 is 6.03 Å². The van der Waals surface area contributed by atoms with Crippen LogP contribution < -0.4 is 19.5 Å². The SMILES string of the molecule is COc1ccc(NC(=O)N2CCC(Oc3ccncn3)CC2)c(OC)c1. The van der Waals surface area contributed by atoms with Crippen LogP contribution in [0.15, 0.2) is 36.8 Å². The lowest BCUT2D eigenvalue weighted by molar-refractivity contribution is 0.111. The molecular weight excluding hydrogens is 336 g/mol. The number of aromatic nitrogens is 2. The average molecular weight is 358 g/mol. The van der Waals surface area contributed by atoms with Crippen molar-refractivity contribution in [1.29, 1.82) is 0 Å². The molecule has 8 nitrogen and oxygen atoms in total. The van der Waals surface area contributed by atoms with E-state index in [4.69, 9.17) is 14.2 Å². The van der Waals surface area contributed by atoms with E-state index < -0.39 is 0 Å². The minimum atomic E-state index is -0.158. The first kappa shape index (κ1) is 17.8. The summed E-state index contributed by atoms with van der Waals surface area (Å²) in [7, 11) is 3.14. The van der Waals surface area contributed by atoms with Gasteiger partial charge in [0.25, 0.3) is 0 Å². The normalized spacial score (nSPS) is 14.6. The Morgan fingerprint density at radius 2 is 2.00 bits per heavy atom. The summed E-state index contributed by atoms with van der Waals surface area (Å²) in [5, 5.41) is 2.89. The van der Waals surface area contributed by atoms with Crippen LogP contribution >= 0.6 is 0 Å². The van der Waals surface area contributed by atoms with Crippen LogP contribution in [0.4, 0.5) is 10.5 Å². The van der Waals surface area contributed by atoms with Crippen LogP contribution in [0.25, 0.3) is 0 Å². The van der Waals surface area contributed by atoms with E-state index in [0.29, 0.717) is 36.2 Å². The fourth-order valence-electron chi connectivity index (χ4n) is 2.79. The zero-order valence-electron chi connectivity index (χ0n) is 14.8. The van der Waals surface area contributed by atoms with E-state index >= 15 is 0 Å². The number of likely N-dealkylation sites (tertiary alicyclic amines) is 1. The van der Waals surface area contributed by atoms with Crippen LogP contribution in [-0.4, -0.2) is 54.3 Å². The van der Waals surface area contributed by atoms with Gasteiger partial charge in [-0.3, -0.25) is 0 Å². The molecule has 0 aliphatic carbocycles. The molecule has 1 aliphatic rings. The highest BCUT2D eigenvalue weighted by atomic mass is 16.5. The Labute approximate surface area is 152 Å². The average Bonchev–Trinajstić information content (AvgIpc) is 2.69. The summed E-state index contributed by atoms with van der Waals surface area (Å²) in [6.07, 6.45) is 4.64. The fraction of sp³-hybridized carbons (Fsp3) is 0.389. The summed E-state index contributed by atoms with van der Waals surface area (Å²) in [6, 6.07) is 6.85. The summed E-state index contributed by atoms with van der Waals surface area (Å²) < 4.78 is 16.3. The number of urea groups is 1. The number of ether oxygens (including phenoxy) is 3. The number of methoxy groups -OCH3 is 2. The van der Waals surface area contributed by atoms with Crippen molar-refractivity contribution in [2.24, 2.45) is 0 Å². The third kappa shape index (κ3) is 4.33. The monoisotopic (exact) mass is 358 g/mol. The smallest absolute Gasteiger partial charge is 0.321 e. The molecular formula is C18H22N4O4. The topological polar surface area (TPSA) is 85.8 Å². The van der Waals surface area contributed by atoms with Crippen LogP contribution in [0.2, 0.25) is 0 Å². The van der Waals surface area contributed by atoms with Gasteiger partial charge in [-0.15, -0.1) is 0 Å². The molecule has 1 saturated heterocycles. The number of hydrogen-bond donors (Lipinski definition) is 1. The van der Waals surface area contributed by atoms with E-state index in [2.05, 4.69) is 15.3 Å². The van der Waals surface area contributed by atoms with E-state index in [9.17, 15) is 4.79 Å². The van der Waals surface area contributed by atoms with E-state index in [1.165, 1.54) is 6.33 Å². The summed E-state index contributed by atoms with van der Waals surface area (Å²) >= 11 is 0. The highest BCUT2D eigenvalue weighted by Gasteiger charge is 2.24. The molecule has 8 heteroatoms. The molecule has 1 N–H and O–H groups in total. The standard InChI is InChI=1S/C18H22N4O4/c1-24-14-3-4-15(16(11-14)25-2)21-18(23)22-9-6-13(7-10-22)26-17-5-8-19-12-20-17/h3-5,8,11-13H,6-7,9-10H2,1-2H3,(H,21,23). The second-order valence-corrected chi connectivity index (χ2v) is 5.85. The molecule has 1 aromatic carbocycles. The number of carbonyl (C=O) groups excluding carboxylic acids is 1. The first-order chi connectivity index (χ1) is 12.7. The maximum atomic E-state index is 12.5. The van der Waals surface area contributed by atoms with Crippen LogP contribution in [0.5, 0.6) is 17.4 Å². The van der Waals surface area contributed by atoms with Crippen LogP contribution in [0, 0.1) is 0 Å². The maximum absolute atomic E-state index is 12.5. The third-order valence-corrected chi connectivity index (χ3v) is 4.22. The Bertz CT molecular complexity index is 733. The zero-order valence-corrected chi connectivity index (χ0v) is 14.8. The molecule has 1 aliphatic heterocycles. The number of piperidine rings is 1. The molecule has 2 heterocycles. The molecule has 2 amide bonds. The molecule has 0 radical (unpaired) electrons. The number of nitrogens with one attached hydrogen (secondary N) is 1. The second kappa shape index (κ2) is 8.37. The van der Waals surface area contributed by atoms with Gasteiger partial charge in [0, 0.05) is 44.3 Å². The predicted molar refractivity (Wildman–Crippen MR) is 95.8 cm³/mol. The Hall–Kier alpha value is -3.03. The lowest BCUT2D eigenvalue weighted by Crippen LogP contribution is -2.43. The highest BCUT2D eigenvalue weighted by molar-refractivity contribution is 5.91. The van der Waals surface area contributed by atoms with Gasteiger partial charge < -0.3 is 24.4 Å². The predicted octanol–water partition coefficient (Wildman–Crippen LogP) is 2.57. The fourth-order valence-corrected chi connectivity index (χ4v) is 2.79. The maximum Gasteiger partial charge on any atom is 0.321 e. The molecule has 3 rings (SSSR count). The summed E-state index contributed by atoms with van der Waals surface area (Å²) in [5.41, 5.74) is 0.609. The number of nitrogens with zero attached hydrogens (tertiary/aromatic N) is 3. The highest BCUT2D eigenvalue weighted by Crippen LogP contribution is 2.29. The molecule has 0 atom stereocenters. The van der Waals surface area contributed by atoms with Crippen LogP contribution in [-0.2, 0) is 0 Å². The first-order valence-corrected chi connectivity index (χ1v) is 8.40. The molecule has 26 heavy (non-hydrogen) atoms. The van der Waals surface area contributed by atoms with Gasteiger partial charge in [-0.2, -0.15) is 0 Å². The molecule has 1 aromatic heterocycles. The van der Waals surface area contributed by atoms with Crippen LogP contribution in [0.1, 0.15) is 12.8 Å². The molecule has 0 spiro atoms. The Balaban J connectivity index is 1.54. The molecule has 2 aromatic rings. The molecule has 138 valence electrons. The largest absolute Gasteiger partial charge is 0.497 e. The van der Waals surface area contributed by atoms with E-state index in [0.717, 1.165) is 12.8 Å². The van der Waals surface area contributed by atoms with Gasteiger partial charge in [-0.25, -0.2) is 14.8 Å². The number of benzene rings is 1. The first-order valence-electron chi connectivity index (χ1n) is 8.40. The summed E-state index contributed by atoms with van der Waals surface area (Å²) in [6.45, 7) is 1.22. The number of hydrogen-bond acceptors (Lipinski definition) is 6. The molecule has 0 bridgehead atoms. The lowest BCUT2D eigenvalue weighted by atomic mass is 10.1. The van der Waals surface area contributed by atoms with Gasteiger partial charge in [0.05, 0.1) is 19.9 Å². The van der Waals surface area contributed by atoms with Crippen molar-refractivity contribution in [1.82, 2.24) is 14.9 Å². The molecule has 0 unspecified atom stereocenters. The molecule has 0 saturated carbocycles. The number of anilines is 1. The minimum absolute atomic E-state index is 0.0458. The number of rotatable bonds is 5. The second-order valence-electron chi connectivity index (χ2n) is 5.85. The van der Waals surface area contributed by atoms with Crippen molar-refractivity contribution in [3.63, 3.8) is 0 Å². The van der Waals surface area contributed by atoms with Crippen molar-refractivity contribution < 1.29 is 19.0 Å². The summed E-state index contributed by atoms with van der Waals surface area (Å²) in [4.78, 5) is 22.2. The van der Waals surface area contributed by atoms with Gasteiger partial charge in [0.1, 0.15) is 23.9 Å². The van der Waals surface area contributed by atoms with Gasteiger partial charge in [0.2, 0.25) is 5.88 Å². The third-order valence-electron chi connectivity index (χ3n) is 4.22. The van der Waals surface area contributed by atoms with Gasteiger partial charge in [0.15, 0.2) is 0 Å². The van der Waals surface area contributed by atoms with Gasteiger partial charge in [-0.1, -0.05) is 0 Å². The lowest BCUT2D eigenvalue weighted by Gasteiger charge is -2.32. The number of amides is 2. The Kier molecular flexibility index (Phi) is 5.73. The van der Waals surface area contributed by atoms with E-state index in [1.54, 1.807) is 49.6 Å². The minimum Gasteiger partial charge on any atom is -0.497 e. The Morgan fingerprint density at radius 3 is 2.65 bits per heavy atom. The van der Waals surface area contributed by atoms with Crippen LogP contribution in [0.3, 0.4) is 0 Å². The van der Waals surface area contributed by atoms with E-state index in [1.807, 2.05) is 0 Å². The molecule has 1 fully saturated rings. The van der Waals surface area contributed by atoms with Gasteiger partial charge in [-0.05, 0) is 12.1 Å². The van der Waals surface area contributed by atoms with Crippen molar-refractivity contribution in [2.75, 3.05) is 32.6 Å². The number of carbonyl (C=O) groups is 1. The van der Waals surface area contributed by atoms with Crippen molar-refractivity contribution in [3.8, 4) is 17.4 Å². The summed E-state index contributed by atoms with van der Waals surface area (Å²) in [5.74, 6) is 1.79. The van der Waals surface area contributed by atoms with E-state index in [-0.39, 0.29) is 12.1 Å².